The molecule has 0 saturated heterocycles. The van der Waals surface area contributed by atoms with Crippen LogP contribution < -0.4 is 15.1 Å². The van der Waals surface area contributed by atoms with E-state index in [1.165, 1.54) is 0 Å². The number of halogens is 1. The van der Waals surface area contributed by atoms with Gasteiger partial charge < -0.3 is 15.1 Å². The zero-order chi connectivity index (χ0) is 22.1. The molecule has 5 rings (SSSR count). The fourth-order valence-corrected chi connectivity index (χ4v) is 4.03. The average Bonchev–Trinajstić information content (AvgIpc) is 2.95. The number of anilines is 3. The van der Waals surface area contributed by atoms with E-state index in [0.717, 1.165) is 33.5 Å². The number of amides is 1. The van der Waals surface area contributed by atoms with Crippen LogP contribution in [-0.4, -0.2) is 29.5 Å². The summed E-state index contributed by atoms with van der Waals surface area (Å²) in [6.07, 6.45) is 0. The van der Waals surface area contributed by atoms with E-state index in [2.05, 4.69) is 5.32 Å². The van der Waals surface area contributed by atoms with Gasteiger partial charge in [-0.3, -0.25) is 4.79 Å². The van der Waals surface area contributed by atoms with Crippen LogP contribution in [0.4, 0.5) is 17.5 Å². The topological polar surface area (TPSA) is 61.4 Å². The van der Waals surface area contributed by atoms with Crippen LogP contribution in [0.25, 0.3) is 10.9 Å². The molecule has 0 unspecified atom stereocenters. The minimum Gasteiger partial charge on any atom is -0.365 e. The van der Waals surface area contributed by atoms with Gasteiger partial charge in [0.15, 0.2) is 0 Å². The smallest absolute Gasteiger partial charge is 0.246 e. The Morgan fingerprint density at radius 1 is 0.938 bits per heavy atom. The lowest BCUT2D eigenvalue weighted by Gasteiger charge is -2.21. The number of carbonyl (C=O) groups excluding carboxylic acids is 1. The molecular formula is C25H22ClN5O. The minimum absolute atomic E-state index is 0.00221. The van der Waals surface area contributed by atoms with Crippen LogP contribution >= 0.6 is 11.6 Å². The van der Waals surface area contributed by atoms with Crippen molar-refractivity contribution < 1.29 is 4.79 Å². The van der Waals surface area contributed by atoms with Crippen LogP contribution in [0.5, 0.6) is 0 Å². The third kappa shape index (κ3) is 3.97. The number of nitrogens with one attached hydrogen (secondary N) is 1. The van der Waals surface area contributed by atoms with E-state index in [1.807, 2.05) is 84.7 Å². The first-order chi connectivity index (χ1) is 15.6. The van der Waals surface area contributed by atoms with Crippen LogP contribution in [0, 0.1) is 0 Å². The lowest BCUT2D eigenvalue weighted by atomic mass is 10.1. The lowest BCUT2D eigenvalue weighted by molar-refractivity contribution is -0.117. The van der Waals surface area contributed by atoms with Crippen LogP contribution in [0.2, 0.25) is 5.02 Å². The number of fused-ring (bicyclic) bond motifs is 2. The minimum atomic E-state index is 0.00221. The predicted octanol–water partition coefficient (Wildman–Crippen LogP) is 4.88. The van der Waals surface area contributed by atoms with Crippen LogP contribution in [0.3, 0.4) is 0 Å². The average molecular weight is 444 g/mol. The van der Waals surface area contributed by atoms with Crippen LogP contribution in [0.15, 0.2) is 72.8 Å². The van der Waals surface area contributed by atoms with Crippen molar-refractivity contribution in [2.75, 3.05) is 28.7 Å². The Kier molecular flexibility index (Phi) is 5.37. The summed E-state index contributed by atoms with van der Waals surface area (Å²) in [5, 5.41) is 5.08. The third-order valence-electron chi connectivity index (χ3n) is 5.66. The van der Waals surface area contributed by atoms with Crippen molar-refractivity contribution in [1.29, 1.82) is 0 Å². The predicted molar refractivity (Wildman–Crippen MR) is 129 cm³/mol. The summed E-state index contributed by atoms with van der Waals surface area (Å²) in [6.45, 7) is 1.36. The first kappa shape index (κ1) is 20.3. The molecule has 160 valence electrons. The molecule has 0 aliphatic carbocycles. The Morgan fingerprint density at radius 3 is 2.53 bits per heavy atom. The fourth-order valence-electron chi connectivity index (χ4n) is 3.91. The van der Waals surface area contributed by atoms with E-state index in [0.29, 0.717) is 24.1 Å². The maximum absolute atomic E-state index is 12.8. The molecule has 0 bridgehead atoms. The van der Waals surface area contributed by atoms with Crippen molar-refractivity contribution in [2.24, 2.45) is 0 Å². The molecule has 0 atom stereocenters. The van der Waals surface area contributed by atoms with Crippen molar-refractivity contribution in [3.05, 3.63) is 88.9 Å². The summed E-state index contributed by atoms with van der Waals surface area (Å²) in [5.41, 5.74) is 3.91. The van der Waals surface area contributed by atoms with E-state index >= 15 is 0 Å². The molecule has 0 spiro atoms. The van der Waals surface area contributed by atoms with Crippen LogP contribution in [-0.2, 0) is 17.9 Å². The Balaban J connectivity index is 1.51. The molecular weight excluding hydrogens is 422 g/mol. The molecule has 6 nitrogen and oxygen atoms in total. The number of benzene rings is 3. The standard InChI is InChI=1S/C25H22ClN5O/c1-30-22-9-5-2-6-18(22)15-31(16-23(30)32)25-28-21-8-4-3-7-20(21)24(29-25)27-14-17-10-12-19(26)13-11-17/h2-13H,14-16H2,1H3,(H,27,28,29). The van der Waals surface area contributed by atoms with Crippen molar-refractivity contribution in [3.63, 3.8) is 0 Å². The van der Waals surface area contributed by atoms with Gasteiger partial charge >= 0.3 is 0 Å². The second-order valence-electron chi connectivity index (χ2n) is 7.81. The van der Waals surface area contributed by atoms with Gasteiger partial charge in [-0.15, -0.1) is 0 Å². The molecule has 1 aliphatic heterocycles. The fraction of sp³-hybridized carbons (Fsp3) is 0.160. The molecule has 2 heterocycles. The quantitative estimate of drug-likeness (QED) is 0.487. The molecule has 0 fully saturated rings. The Bertz CT molecular complexity index is 1290. The van der Waals surface area contributed by atoms with Gasteiger partial charge in [-0.25, -0.2) is 4.98 Å². The van der Waals surface area contributed by atoms with Gasteiger partial charge in [-0.05, 0) is 41.5 Å². The number of carbonyl (C=O) groups is 1. The summed E-state index contributed by atoms with van der Waals surface area (Å²) in [7, 11) is 1.81. The summed E-state index contributed by atoms with van der Waals surface area (Å²) >= 11 is 6.01. The van der Waals surface area contributed by atoms with Gasteiger partial charge in [0, 0.05) is 36.2 Å². The zero-order valence-electron chi connectivity index (χ0n) is 17.6. The highest BCUT2D eigenvalue weighted by atomic mass is 35.5. The van der Waals surface area contributed by atoms with Crippen molar-refractivity contribution in [3.8, 4) is 0 Å². The molecule has 0 radical (unpaired) electrons. The third-order valence-corrected chi connectivity index (χ3v) is 5.91. The second kappa shape index (κ2) is 8.48. The Morgan fingerprint density at radius 2 is 1.69 bits per heavy atom. The van der Waals surface area contributed by atoms with Gasteiger partial charge in [0.2, 0.25) is 11.9 Å². The van der Waals surface area contributed by atoms with E-state index in [9.17, 15) is 4.79 Å². The summed E-state index contributed by atoms with van der Waals surface area (Å²) in [6, 6.07) is 23.6. The van der Waals surface area contributed by atoms with Gasteiger partial charge in [0.05, 0.1) is 5.52 Å². The molecule has 0 saturated carbocycles. The molecule has 1 aliphatic rings. The molecule has 1 N–H and O–H groups in total. The van der Waals surface area contributed by atoms with E-state index < -0.39 is 0 Å². The Labute approximate surface area is 191 Å². The van der Waals surface area contributed by atoms with Gasteiger partial charge in [0.25, 0.3) is 0 Å². The molecule has 1 aromatic heterocycles. The number of aromatic nitrogens is 2. The van der Waals surface area contributed by atoms with Crippen molar-refractivity contribution in [2.45, 2.75) is 13.1 Å². The highest BCUT2D eigenvalue weighted by Crippen LogP contribution is 2.29. The van der Waals surface area contributed by atoms with E-state index in [1.54, 1.807) is 4.90 Å². The number of hydrogen-bond acceptors (Lipinski definition) is 5. The maximum Gasteiger partial charge on any atom is 0.246 e. The van der Waals surface area contributed by atoms with Crippen molar-refractivity contribution >= 4 is 45.9 Å². The molecule has 32 heavy (non-hydrogen) atoms. The number of hydrogen-bond donors (Lipinski definition) is 1. The van der Waals surface area contributed by atoms with E-state index in [-0.39, 0.29) is 12.5 Å². The Hall–Kier alpha value is -3.64. The van der Waals surface area contributed by atoms with Gasteiger partial charge in [0.1, 0.15) is 12.4 Å². The lowest BCUT2D eigenvalue weighted by Crippen LogP contribution is -2.35. The van der Waals surface area contributed by atoms with Crippen LogP contribution in [0.1, 0.15) is 11.1 Å². The summed E-state index contributed by atoms with van der Waals surface area (Å²) in [4.78, 5) is 26.1. The molecule has 7 heteroatoms. The maximum atomic E-state index is 12.8. The molecule has 3 aromatic carbocycles. The molecule has 1 amide bonds. The van der Waals surface area contributed by atoms with Crippen molar-refractivity contribution in [1.82, 2.24) is 9.97 Å². The largest absolute Gasteiger partial charge is 0.365 e. The monoisotopic (exact) mass is 443 g/mol. The normalized spacial score (nSPS) is 13.8. The highest BCUT2D eigenvalue weighted by Gasteiger charge is 2.25. The SMILES string of the molecule is CN1C(=O)CN(c2nc(NCc3ccc(Cl)cc3)c3ccccc3n2)Cc2ccccc21. The number of likely N-dealkylation sites (N-methyl/N-ethyl adjacent to an activating group) is 1. The van der Waals surface area contributed by atoms with E-state index in [4.69, 9.17) is 21.6 Å². The highest BCUT2D eigenvalue weighted by molar-refractivity contribution is 6.30. The number of nitrogens with zero attached hydrogens (tertiary/aromatic N) is 4. The zero-order valence-corrected chi connectivity index (χ0v) is 18.4. The number of para-hydroxylation sites is 2. The van der Waals surface area contributed by atoms with Gasteiger partial charge in [-0.1, -0.05) is 54.1 Å². The molecule has 4 aromatic rings. The summed E-state index contributed by atoms with van der Waals surface area (Å²) in [5.74, 6) is 1.27. The summed E-state index contributed by atoms with van der Waals surface area (Å²) < 4.78 is 0. The first-order valence-corrected chi connectivity index (χ1v) is 10.8. The number of rotatable bonds is 4. The first-order valence-electron chi connectivity index (χ1n) is 10.4. The van der Waals surface area contributed by atoms with Gasteiger partial charge in [-0.2, -0.15) is 4.98 Å². The second-order valence-corrected chi connectivity index (χ2v) is 8.24.